The predicted octanol–water partition coefficient (Wildman–Crippen LogP) is 0.0199. The van der Waals surface area contributed by atoms with Crippen molar-refractivity contribution in [1.82, 2.24) is 9.62 Å². The Bertz CT molecular complexity index is 245. The van der Waals surface area contributed by atoms with Crippen LogP contribution in [0.15, 0.2) is 0 Å². The standard InChI is InChI=1S/C8H18N2O2S/c1-10(13(2,11)12)7-8-5-3-4-6-9-8/h8-9H,3-7H2,1-2H3. The summed E-state index contributed by atoms with van der Waals surface area (Å²) in [5.74, 6) is 0. The van der Waals surface area contributed by atoms with Gasteiger partial charge in [0, 0.05) is 19.6 Å². The summed E-state index contributed by atoms with van der Waals surface area (Å²) in [6, 6.07) is 0.341. The second kappa shape index (κ2) is 4.39. The van der Waals surface area contributed by atoms with Crippen molar-refractivity contribution in [3.05, 3.63) is 0 Å². The monoisotopic (exact) mass is 206 g/mol. The highest BCUT2D eigenvalue weighted by Crippen LogP contribution is 2.08. The van der Waals surface area contributed by atoms with Gasteiger partial charge < -0.3 is 5.32 Å². The SMILES string of the molecule is CN(CC1CCCCN1)S(C)(=O)=O. The Kier molecular flexibility index (Phi) is 3.70. The van der Waals surface area contributed by atoms with Crippen LogP contribution in [-0.4, -0.2) is 45.2 Å². The lowest BCUT2D eigenvalue weighted by Crippen LogP contribution is -2.43. The van der Waals surface area contributed by atoms with Gasteiger partial charge in [-0.15, -0.1) is 0 Å². The normalized spacial score (nSPS) is 25.0. The summed E-state index contributed by atoms with van der Waals surface area (Å²) in [6.07, 6.45) is 4.74. The molecule has 78 valence electrons. The van der Waals surface area contributed by atoms with Crippen molar-refractivity contribution in [3.8, 4) is 0 Å². The van der Waals surface area contributed by atoms with Gasteiger partial charge in [0.1, 0.15) is 0 Å². The molecular formula is C8H18N2O2S. The van der Waals surface area contributed by atoms with Crippen LogP contribution in [0.5, 0.6) is 0 Å². The number of likely N-dealkylation sites (N-methyl/N-ethyl adjacent to an activating group) is 1. The number of nitrogens with one attached hydrogen (secondary N) is 1. The molecule has 1 unspecified atom stereocenters. The van der Waals surface area contributed by atoms with Crippen LogP contribution in [0.1, 0.15) is 19.3 Å². The van der Waals surface area contributed by atoms with E-state index in [1.165, 1.54) is 23.4 Å². The number of hydrogen-bond acceptors (Lipinski definition) is 3. The third-order valence-electron chi connectivity index (χ3n) is 2.46. The number of piperidine rings is 1. The van der Waals surface area contributed by atoms with Gasteiger partial charge in [0.2, 0.25) is 10.0 Å². The van der Waals surface area contributed by atoms with Crippen LogP contribution in [-0.2, 0) is 10.0 Å². The van der Waals surface area contributed by atoms with Gasteiger partial charge in [-0.05, 0) is 19.4 Å². The zero-order valence-corrected chi connectivity index (χ0v) is 9.10. The molecule has 0 aromatic rings. The fourth-order valence-electron chi connectivity index (χ4n) is 1.53. The van der Waals surface area contributed by atoms with Crippen LogP contribution in [0.2, 0.25) is 0 Å². The molecule has 1 fully saturated rings. The van der Waals surface area contributed by atoms with Gasteiger partial charge in [0.25, 0.3) is 0 Å². The second-order valence-corrected chi connectivity index (χ2v) is 5.78. The molecule has 0 radical (unpaired) electrons. The highest BCUT2D eigenvalue weighted by molar-refractivity contribution is 7.88. The molecule has 0 amide bonds. The average molecular weight is 206 g/mol. The van der Waals surface area contributed by atoms with E-state index >= 15 is 0 Å². The van der Waals surface area contributed by atoms with Crippen molar-refractivity contribution >= 4 is 10.0 Å². The number of nitrogens with zero attached hydrogens (tertiary/aromatic N) is 1. The fraction of sp³-hybridized carbons (Fsp3) is 1.00. The second-order valence-electron chi connectivity index (χ2n) is 3.69. The van der Waals surface area contributed by atoms with Crippen LogP contribution in [0, 0.1) is 0 Å². The molecule has 1 aliphatic heterocycles. The Hall–Kier alpha value is -0.130. The summed E-state index contributed by atoms with van der Waals surface area (Å²) >= 11 is 0. The molecule has 4 nitrogen and oxygen atoms in total. The van der Waals surface area contributed by atoms with E-state index in [4.69, 9.17) is 0 Å². The molecule has 1 atom stereocenters. The van der Waals surface area contributed by atoms with Crippen molar-refractivity contribution in [3.63, 3.8) is 0 Å². The van der Waals surface area contributed by atoms with Crippen molar-refractivity contribution in [2.75, 3.05) is 26.4 Å². The summed E-state index contributed by atoms with van der Waals surface area (Å²) in [6.45, 7) is 1.61. The van der Waals surface area contributed by atoms with E-state index in [-0.39, 0.29) is 0 Å². The topological polar surface area (TPSA) is 49.4 Å². The zero-order valence-electron chi connectivity index (χ0n) is 8.28. The minimum atomic E-state index is -3.01. The molecule has 1 aliphatic rings. The Morgan fingerprint density at radius 2 is 2.15 bits per heavy atom. The quantitative estimate of drug-likeness (QED) is 0.708. The molecule has 13 heavy (non-hydrogen) atoms. The van der Waals surface area contributed by atoms with Crippen LogP contribution in [0.25, 0.3) is 0 Å². The summed E-state index contributed by atoms with van der Waals surface area (Å²) in [4.78, 5) is 0. The van der Waals surface area contributed by atoms with Gasteiger partial charge in [0.05, 0.1) is 6.26 Å². The lowest BCUT2D eigenvalue weighted by Gasteiger charge is -2.26. The largest absolute Gasteiger partial charge is 0.313 e. The van der Waals surface area contributed by atoms with Crippen molar-refractivity contribution in [2.24, 2.45) is 0 Å². The van der Waals surface area contributed by atoms with Crippen molar-refractivity contribution < 1.29 is 8.42 Å². The predicted molar refractivity (Wildman–Crippen MR) is 53.1 cm³/mol. The Labute approximate surface area is 80.4 Å². The molecule has 1 heterocycles. The van der Waals surface area contributed by atoms with E-state index in [2.05, 4.69) is 5.32 Å². The molecule has 0 aliphatic carbocycles. The first kappa shape index (κ1) is 10.9. The molecule has 1 rings (SSSR count). The molecular weight excluding hydrogens is 188 g/mol. The smallest absolute Gasteiger partial charge is 0.211 e. The van der Waals surface area contributed by atoms with Crippen molar-refractivity contribution in [2.45, 2.75) is 25.3 Å². The minimum absolute atomic E-state index is 0.341. The first-order valence-electron chi connectivity index (χ1n) is 4.65. The third kappa shape index (κ3) is 3.62. The molecule has 0 bridgehead atoms. The lowest BCUT2D eigenvalue weighted by molar-refractivity contribution is 0.339. The highest BCUT2D eigenvalue weighted by Gasteiger charge is 2.18. The van der Waals surface area contributed by atoms with Gasteiger partial charge in [0.15, 0.2) is 0 Å². The van der Waals surface area contributed by atoms with Crippen molar-refractivity contribution in [1.29, 1.82) is 0 Å². The van der Waals surface area contributed by atoms with Gasteiger partial charge in [-0.2, -0.15) is 0 Å². The third-order valence-corrected chi connectivity index (χ3v) is 3.74. The van der Waals surface area contributed by atoms with Crippen LogP contribution < -0.4 is 5.32 Å². The van der Waals surface area contributed by atoms with Gasteiger partial charge in [-0.25, -0.2) is 12.7 Å². The number of sulfonamides is 1. The first-order valence-corrected chi connectivity index (χ1v) is 6.49. The summed E-state index contributed by atoms with van der Waals surface area (Å²) in [7, 11) is -1.38. The number of rotatable bonds is 3. The molecule has 0 aromatic carbocycles. The van der Waals surface area contributed by atoms with E-state index in [9.17, 15) is 8.42 Å². The van der Waals surface area contributed by atoms with E-state index in [0.29, 0.717) is 12.6 Å². The first-order chi connectivity index (χ1) is 6.00. The Balaban J connectivity index is 2.39. The van der Waals surface area contributed by atoms with E-state index in [1.54, 1.807) is 7.05 Å². The highest BCUT2D eigenvalue weighted by atomic mass is 32.2. The Morgan fingerprint density at radius 3 is 2.62 bits per heavy atom. The summed E-state index contributed by atoms with van der Waals surface area (Å²) in [5.41, 5.74) is 0. The maximum atomic E-state index is 11.1. The van der Waals surface area contributed by atoms with Gasteiger partial charge >= 0.3 is 0 Å². The summed E-state index contributed by atoms with van der Waals surface area (Å²) in [5, 5.41) is 3.32. The molecule has 1 saturated heterocycles. The molecule has 5 heteroatoms. The van der Waals surface area contributed by atoms with Gasteiger partial charge in [-0.3, -0.25) is 0 Å². The fourth-order valence-corrected chi connectivity index (χ4v) is 1.98. The van der Waals surface area contributed by atoms with E-state index in [0.717, 1.165) is 13.0 Å². The molecule has 0 spiro atoms. The molecule has 0 aromatic heterocycles. The zero-order chi connectivity index (χ0) is 9.90. The maximum Gasteiger partial charge on any atom is 0.211 e. The van der Waals surface area contributed by atoms with Crippen LogP contribution >= 0.6 is 0 Å². The van der Waals surface area contributed by atoms with E-state index < -0.39 is 10.0 Å². The average Bonchev–Trinajstić information content (AvgIpc) is 2.04. The van der Waals surface area contributed by atoms with E-state index in [1.807, 2.05) is 0 Å². The molecule has 0 saturated carbocycles. The molecule has 1 N–H and O–H groups in total. The maximum absolute atomic E-state index is 11.1. The van der Waals surface area contributed by atoms with Gasteiger partial charge in [-0.1, -0.05) is 6.42 Å². The summed E-state index contributed by atoms with van der Waals surface area (Å²) < 4.78 is 23.6. The lowest BCUT2D eigenvalue weighted by atomic mass is 10.1. The minimum Gasteiger partial charge on any atom is -0.313 e. The Morgan fingerprint density at radius 1 is 1.46 bits per heavy atom. The van der Waals surface area contributed by atoms with Crippen LogP contribution in [0.4, 0.5) is 0 Å². The number of hydrogen-bond donors (Lipinski definition) is 1. The van der Waals surface area contributed by atoms with Crippen LogP contribution in [0.3, 0.4) is 0 Å².